The standard InChI is InChI=1S/C22H22N4O5S/c1-14(27)23-21-24-26(15(2)28)22(32-21)16-8-4-5-9-17(16)25(20(22)29)12-13-31-19-11-7-6-10-18(19)30-3/h4-11H,12-13H2,1-3H3,(H,23,24,27)/t22-/m0/s1. The third-order valence-corrected chi connectivity index (χ3v) is 6.29. The molecule has 2 aliphatic heterocycles. The predicted molar refractivity (Wildman–Crippen MR) is 120 cm³/mol. The van der Waals surface area contributed by atoms with Gasteiger partial charge in [-0.15, -0.1) is 5.10 Å². The molecule has 9 nitrogen and oxygen atoms in total. The highest BCUT2D eigenvalue weighted by Gasteiger charge is 2.61. The molecule has 0 bridgehead atoms. The maximum atomic E-state index is 13.7. The number of methoxy groups -OCH3 is 1. The molecule has 10 heteroatoms. The Morgan fingerprint density at radius 3 is 2.47 bits per heavy atom. The number of nitrogens with zero attached hydrogens (tertiary/aromatic N) is 3. The van der Waals surface area contributed by atoms with E-state index >= 15 is 0 Å². The molecule has 3 amide bonds. The lowest BCUT2D eigenvalue weighted by molar-refractivity contribution is -0.139. The molecule has 32 heavy (non-hydrogen) atoms. The van der Waals surface area contributed by atoms with Crippen LogP contribution in [-0.4, -0.2) is 48.2 Å². The maximum absolute atomic E-state index is 13.7. The zero-order valence-electron chi connectivity index (χ0n) is 17.8. The number of rotatable bonds is 5. The van der Waals surface area contributed by atoms with Crippen LogP contribution in [0.2, 0.25) is 0 Å². The molecule has 0 fully saturated rings. The quantitative estimate of drug-likeness (QED) is 0.744. The van der Waals surface area contributed by atoms with Crippen molar-refractivity contribution >= 4 is 40.3 Å². The molecule has 0 unspecified atom stereocenters. The topological polar surface area (TPSA) is 101 Å². The van der Waals surface area contributed by atoms with E-state index in [1.807, 2.05) is 24.3 Å². The van der Waals surface area contributed by atoms with Gasteiger partial charge in [0.15, 0.2) is 16.7 Å². The zero-order chi connectivity index (χ0) is 22.9. The van der Waals surface area contributed by atoms with Gasteiger partial charge < -0.3 is 19.7 Å². The van der Waals surface area contributed by atoms with E-state index in [4.69, 9.17) is 9.47 Å². The minimum absolute atomic E-state index is 0.197. The number of thioether (sulfide) groups is 1. The van der Waals surface area contributed by atoms with Gasteiger partial charge in [-0.2, -0.15) is 5.01 Å². The van der Waals surface area contributed by atoms with E-state index in [2.05, 4.69) is 10.4 Å². The Hall–Kier alpha value is -3.53. The van der Waals surface area contributed by atoms with Crippen LogP contribution in [0.5, 0.6) is 11.5 Å². The summed E-state index contributed by atoms with van der Waals surface area (Å²) in [5, 5.41) is 8.17. The smallest absolute Gasteiger partial charge is 0.270 e. The third-order valence-electron chi connectivity index (χ3n) is 5.05. The van der Waals surface area contributed by atoms with Crippen LogP contribution in [0.1, 0.15) is 19.4 Å². The second-order valence-corrected chi connectivity index (χ2v) is 8.32. The highest BCUT2D eigenvalue weighted by molar-refractivity contribution is 8.15. The fourth-order valence-corrected chi connectivity index (χ4v) is 5.10. The van der Waals surface area contributed by atoms with Crippen LogP contribution in [0.25, 0.3) is 0 Å². The summed E-state index contributed by atoms with van der Waals surface area (Å²) in [6.45, 7) is 3.14. The van der Waals surface area contributed by atoms with Gasteiger partial charge in [0.25, 0.3) is 5.91 Å². The van der Waals surface area contributed by atoms with Gasteiger partial charge in [0.1, 0.15) is 6.61 Å². The molecule has 0 aliphatic carbocycles. The lowest BCUT2D eigenvalue weighted by atomic mass is 10.1. The lowest BCUT2D eigenvalue weighted by Gasteiger charge is -2.29. The van der Waals surface area contributed by atoms with E-state index in [0.717, 1.165) is 16.8 Å². The fourth-order valence-electron chi connectivity index (χ4n) is 3.77. The second kappa shape index (κ2) is 8.54. The number of amides is 3. The van der Waals surface area contributed by atoms with Crippen molar-refractivity contribution in [3.05, 3.63) is 54.1 Å². The Labute approximate surface area is 189 Å². The van der Waals surface area contributed by atoms with Crippen molar-refractivity contribution in [3.8, 4) is 11.5 Å². The molecule has 0 aromatic heterocycles. The van der Waals surface area contributed by atoms with Crippen molar-refractivity contribution in [2.75, 3.05) is 25.2 Å². The molecule has 166 valence electrons. The third kappa shape index (κ3) is 3.56. The summed E-state index contributed by atoms with van der Waals surface area (Å²) in [5.74, 6) is 0.0958. The Balaban J connectivity index is 1.62. The van der Waals surface area contributed by atoms with Gasteiger partial charge in [-0.05, 0) is 30.0 Å². The Bertz CT molecular complexity index is 1120. The molecule has 1 atom stereocenters. The number of benzene rings is 2. The summed E-state index contributed by atoms with van der Waals surface area (Å²) < 4.78 is 11.2. The number of ether oxygens (including phenoxy) is 2. The monoisotopic (exact) mass is 454 g/mol. The summed E-state index contributed by atoms with van der Waals surface area (Å²) in [5.41, 5.74) is 1.30. The Morgan fingerprint density at radius 2 is 1.78 bits per heavy atom. The van der Waals surface area contributed by atoms with Crippen molar-refractivity contribution in [2.24, 2.45) is 5.10 Å². The number of amidine groups is 1. The van der Waals surface area contributed by atoms with Crippen LogP contribution in [0.3, 0.4) is 0 Å². The summed E-state index contributed by atoms with van der Waals surface area (Å²) in [6.07, 6.45) is 0. The maximum Gasteiger partial charge on any atom is 0.270 e. The Kier molecular flexibility index (Phi) is 5.79. The molecule has 2 aromatic rings. The van der Waals surface area contributed by atoms with Gasteiger partial charge >= 0.3 is 0 Å². The summed E-state index contributed by atoms with van der Waals surface area (Å²) in [4.78, 5) is 37.9. The van der Waals surface area contributed by atoms with E-state index in [9.17, 15) is 14.4 Å². The first-order valence-electron chi connectivity index (χ1n) is 9.91. The first-order valence-corrected chi connectivity index (χ1v) is 10.7. The highest BCUT2D eigenvalue weighted by atomic mass is 32.2. The number of hydrazone groups is 1. The van der Waals surface area contributed by atoms with Crippen LogP contribution in [0.4, 0.5) is 5.69 Å². The van der Waals surface area contributed by atoms with Crippen LogP contribution in [0.15, 0.2) is 53.6 Å². The van der Waals surface area contributed by atoms with Crippen LogP contribution < -0.4 is 19.7 Å². The van der Waals surface area contributed by atoms with Gasteiger partial charge in [-0.1, -0.05) is 30.3 Å². The SMILES string of the molecule is COc1ccccc1OCCN1C(=O)[C@@]2(SC(NC(C)=O)=NN2C(C)=O)c2ccccc21. The van der Waals surface area contributed by atoms with Gasteiger partial charge in [-0.3, -0.25) is 14.4 Å². The average molecular weight is 455 g/mol. The molecule has 0 saturated heterocycles. The number of para-hydroxylation sites is 3. The van der Waals surface area contributed by atoms with E-state index in [1.54, 1.807) is 36.3 Å². The largest absolute Gasteiger partial charge is 0.493 e. The van der Waals surface area contributed by atoms with Crippen LogP contribution in [-0.2, 0) is 19.3 Å². The van der Waals surface area contributed by atoms with Crippen molar-refractivity contribution in [1.29, 1.82) is 0 Å². The first-order chi connectivity index (χ1) is 15.4. The molecule has 2 aromatic carbocycles. The number of hydrogen-bond acceptors (Lipinski definition) is 7. The van der Waals surface area contributed by atoms with Gasteiger partial charge in [0.2, 0.25) is 16.7 Å². The molecule has 4 rings (SSSR count). The van der Waals surface area contributed by atoms with E-state index in [-0.39, 0.29) is 30.1 Å². The Morgan fingerprint density at radius 1 is 1.09 bits per heavy atom. The summed E-state index contributed by atoms with van der Waals surface area (Å²) in [7, 11) is 1.56. The summed E-state index contributed by atoms with van der Waals surface area (Å²) >= 11 is 1.05. The predicted octanol–water partition coefficient (Wildman–Crippen LogP) is 2.28. The normalized spacial score (nSPS) is 19.1. The van der Waals surface area contributed by atoms with E-state index in [1.165, 1.54) is 13.8 Å². The zero-order valence-corrected chi connectivity index (χ0v) is 18.6. The van der Waals surface area contributed by atoms with Crippen molar-refractivity contribution in [3.63, 3.8) is 0 Å². The molecule has 0 radical (unpaired) electrons. The average Bonchev–Trinajstić information content (AvgIpc) is 3.26. The van der Waals surface area contributed by atoms with E-state index < -0.39 is 10.8 Å². The van der Waals surface area contributed by atoms with Crippen LogP contribution in [0, 0.1) is 0 Å². The first kappa shape index (κ1) is 21.7. The molecular weight excluding hydrogens is 432 g/mol. The summed E-state index contributed by atoms with van der Waals surface area (Å²) in [6, 6.07) is 14.5. The van der Waals surface area contributed by atoms with Gasteiger partial charge in [-0.25, -0.2) is 0 Å². The number of nitrogens with one attached hydrogen (secondary N) is 1. The number of carbonyl (C=O) groups excluding carboxylic acids is 3. The lowest BCUT2D eigenvalue weighted by Crippen LogP contribution is -2.49. The highest BCUT2D eigenvalue weighted by Crippen LogP contribution is 2.54. The molecule has 2 aliphatic rings. The minimum atomic E-state index is -1.41. The van der Waals surface area contributed by atoms with Gasteiger partial charge in [0.05, 0.1) is 19.3 Å². The van der Waals surface area contributed by atoms with Gasteiger partial charge in [0, 0.05) is 19.4 Å². The minimum Gasteiger partial charge on any atom is -0.493 e. The van der Waals surface area contributed by atoms with Crippen LogP contribution >= 0.6 is 11.8 Å². The van der Waals surface area contributed by atoms with Crippen molar-refractivity contribution in [1.82, 2.24) is 10.3 Å². The molecule has 0 saturated carbocycles. The van der Waals surface area contributed by atoms with Crippen molar-refractivity contribution < 1.29 is 23.9 Å². The molecular formula is C22H22N4O5S. The fraction of sp³-hybridized carbons (Fsp3) is 0.273. The number of anilines is 1. The van der Waals surface area contributed by atoms with Crippen molar-refractivity contribution in [2.45, 2.75) is 18.7 Å². The second-order valence-electron chi connectivity index (χ2n) is 7.14. The number of carbonyl (C=O) groups is 3. The molecule has 1 N–H and O–H groups in total. The molecule has 1 spiro atoms. The van der Waals surface area contributed by atoms with E-state index in [0.29, 0.717) is 22.7 Å². The number of hydrogen-bond donors (Lipinski definition) is 1. The molecule has 2 heterocycles. The number of fused-ring (bicyclic) bond motifs is 2.